The van der Waals surface area contributed by atoms with E-state index >= 15 is 0 Å². The van der Waals surface area contributed by atoms with Crippen LogP contribution in [0.2, 0.25) is 0 Å². The number of aromatic nitrogens is 2. The van der Waals surface area contributed by atoms with Crippen molar-refractivity contribution in [1.29, 1.82) is 0 Å². The quantitative estimate of drug-likeness (QED) is 0.789. The van der Waals surface area contributed by atoms with E-state index in [1.807, 2.05) is 37.4 Å². The predicted octanol–water partition coefficient (Wildman–Crippen LogP) is 2.75. The summed E-state index contributed by atoms with van der Waals surface area (Å²) in [6.45, 7) is 5.36. The molecule has 2 aromatic rings. The molecular weight excluding hydrogens is 276 g/mol. The van der Waals surface area contributed by atoms with Gasteiger partial charge in [-0.25, -0.2) is 0 Å². The first-order chi connectivity index (χ1) is 10.6. The van der Waals surface area contributed by atoms with Crippen LogP contribution in [0.25, 0.3) is 0 Å². The van der Waals surface area contributed by atoms with Crippen LogP contribution in [0.3, 0.4) is 0 Å². The van der Waals surface area contributed by atoms with E-state index in [4.69, 9.17) is 0 Å². The summed E-state index contributed by atoms with van der Waals surface area (Å²) in [7, 11) is 0. The van der Waals surface area contributed by atoms with E-state index in [0.29, 0.717) is 13.0 Å². The first kappa shape index (κ1) is 16.3. The Bertz CT molecular complexity index is 728. The summed E-state index contributed by atoms with van der Waals surface area (Å²) in [5, 5.41) is 0. The van der Waals surface area contributed by atoms with Crippen molar-refractivity contribution in [1.82, 2.24) is 9.13 Å². The number of hydrogen-bond donors (Lipinski definition) is 0. The summed E-state index contributed by atoms with van der Waals surface area (Å²) in [6, 6.07) is 7.54. The minimum Gasteiger partial charge on any atom is -0.315 e. The van der Waals surface area contributed by atoms with Crippen LogP contribution in [0.1, 0.15) is 37.3 Å². The number of unbranched alkanes of at least 4 members (excludes halogenated alkanes) is 1. The predicted molar refractivity (Wildman–Crippen MR) is 89.4 cm³/mol. The van der Waals surface area contributed by atoms with Crippen molar-refractivity contribution < 1.29 is 0 Å². The van der Waals surface area contributed by atoms with Gasteiger partial charge in [0.25, 0.3) is 11.1 Å². The van der Waals surface area contributed by atoms with Crippen LogP contribution in [0, 0.1) is 6.92 Å². The Hall–Kier alpha value is -2.10. The topological polar surface area (TPSA) is 44.0 Å². The molecule has 118 valence electrons. The fourth-order valence-electron chi connectivity index (χ4n) is 2.55. The molecule has 0 amide bonds. The fourth-order valence-corrected chi connectivity index (χ4v) is 2.55. The number of nitrogens with zero attached hydrogens (tertiary/aromatic N) is 2. The maximum Gasteiger partial charge on any atom is 0.253 e. The Kier molecular flexibility index (Phi) is 5.75. The standard InChI is InChI=1S/C18H24N2O2/c1-3-4-11-20-14-7-10-16(18(20)22)9-6-13-19-12-5-8-15(2)17(19)21/h5,7-8,10,12,14H,3-4,6,9,11,13H2,1-2H3. The van der Waals surface area contributed by atoms with Gasteiger partial charge in [-0.2, -0.15) is 0 Å². The normalized spacial score (nSPS) is 10.8. The van der Waals surface area contributed by atoms with E-state index in [0.717, 1.165) is 36.9 Å². The molecule has 0 aromatic carbocycles. The zero-order valence-corrected chi connectivity index (χ0v) is 13.4. The number of rotatable bonds is 7. The summed E-state index contributed by atoms with van der Waals surface area (Å²) in [5.41, 5.74) is 1.74. The van der Waals surface area contributed by atoms with Crippen LogP contribution in [-0.2, 0) is 19.5 Å². The number of hydrogen-bond acceptors (Lipinski definition) is 2. The van der Waals surface area contributed by atoms with Crippen LogP contribution in [0.15, 0.2) is 46.2 Å². The van der Waals surface area contributed by atoms with Crippen molar-refractivity contribution in [2.45, 2.75) is 52.6 Å². The highest BCUT2D eigenvalue weighted by atomic mass is 16.1. The molecule has 4 heteroatoms. The van der Waals surface area contributed by atoms with Gasteiger partial charge in [-0.3, -0.25) is 9.59 Å². The Morgan fingerprint density at radius 2 is 1.55 bits per heavy atom. The molecular formula is C18H24N2O2. The highest BCUT2D eigenvalue weighted by molar-refractivity contribution is 5.11. The molecule has 0 N–H and O–H groups in total. The largest absolute Gasteiger partial charge is 0.315 e. The highest BCUT2D eigenvalue weighted by Gasteiger charge is 2.04. The van der Waals surface area contributed by atoms with Crippen LogP contribution < -0.4 is 11.1 Å². The van der Waals surface area contributed by atoms with E-state index in [1.54, 1.807) is 15.3 Å². The third-order valence-electron chi connectivity index (χ3n) is 3.91. The Morgan fingerprint density at radius 1 is 0.909 bits per heavy atom. The molecule has 4 nitrogen and oxygen atoms in total. The maximum absolute atomic E-state index is 12.3. The van der Waals surface area contributed by atoms with Crippen molar-refractivity contribution in [3.63, 3.8) is 0 Å². The van der Waals surface area contributed by atoms with E-state index in [2.05, 4.69) is 6.92 Å². The first-order valence-corrected chi connectivity index (χ1v) is 7.98. The lowest BCUT2D eigenvalue weighted by atomic mass is 10.1. The third-order valence-corrected chi connectivity index (χ3v) is 3.91. The SMILES string of the molecule is CCCCn1cccc(CCCn2cccc(C)c2=O)c1=O. The lowest BCUT2D eigenvalue weighted by Gasteiger charge is -2.09. The van der Waals surface area contributed by atoms with Crippen molar-refractivity contribution in [3.8, 4) is 0 Å². The van der Waals surface area contributed by atoms with Crippen LogP contribution in [-0.4, -0.2) is 9.13 Å². The Labute approximate surface area is 131 Å². The highest BCUT2D eigenvalue weighted by Crippen LogP contribution is 2.01. The molecule has 2 rings (SSSR count). The van der Waals surface area contributed by atoms with Gasteiger partial charge in [-0.15, -0.1) is 0 Å². The van der Waals surface area contributed by atoms with Gasteiger partial charge in [0, 0.05) is 36.6 Å². The minimum atomic E-state index is 0.0518. The summed E-state index contributed by atoms with van der Waals surface area (Å²) in [4.78, 5) is 24.3. The monoisotopic (exact) mass is 300 g/mol. The number of aryl methyl sites for hydroxylation is 4. The zero-order chi connectivity index (χ0) is 15.9. The van der Waals surface area contributed by atoms with Gasteiger partial charge in [-0.05, 0) is 38.3 Å². The maximum atomic E-state index is 12.3. The minimum absolute atomic E-state index is 0.0518. The van der Waals surface area contributed by atoms with E-state index in [-0.39, 0.29) is 11.1 Å². The van der Waals surface area contributed by atoms with Gasteiger partial charge >= 0.3 is 0 Å². The molecule has 0 unspecified atom stereocenters. The molecule has 2 heterocycles. The Morgan fingerprint density at radius 3 is 2.27 bits per heavy atom. The second-order valence-corrected chi connectivity index (χ2v) is 5.68. The molecule has 0 fully saturated rings. The second kappa shape index (κ2) is 7.78. The molecule has 0 saturated heterocycles. The van der Waals surface area contributed by atoms with Crippen molar-refractivity contribution >= 4 is 0 Å². The van der Waals surface area contributed by atoms with Crippen molar-refractivity contribution in [2.24, 2.45) is 0 Å². The summed E-state index contributed by atoms with van der Waals surface area (Å²) >= 11 is 0. The number of pyridine rings is 2. The van der Waals surface area contributed by atoms with Gasteiger partial charge in [-0.1, -0.05) is 25.5 Å². The average molecular weight is 300 g/mol. The molecule has 0 atom stereocenters. The summed E-state index contributed by atoms with van der Waals surface area (Å²) in [5.74, 6) is 0. The van der Waals surface area contributed by atoms with Crippen LogP contribution >= 0.6 is 0 Å². The van der Waals surface area contributed by atoms with Gasteiger partial charge < -0.3 is 9.13 Å². The molecule has 0 aliphatic carbocycles. The zero-order valence-electron chi connectivity index (χ0n) is 13.4. The van der Waals surface area contributed by atoms with E-state index in [1.165, 1.54) is 0 Å². The van der Waals surface area contributed by atoms with Gasteiger partial charge in [0.2, 0.25) is 0 Å². The molecule has 0 spiro atoms. The molecule has 0 aliphatic rings. The molecule has 0 bridgehead atoms. The Balaban J connectivity index is 2.01. The van der Waals surface area contributed by atoms with Crippen molar-refractivity contribution in [2.75, 3.05) is 0 Å². The lowest BCUT2D eigenvalue weighted by Crippen LogP contribution is -2.24. The van der Waals surface area contributed by atoms with E-state index < -0.39 is 0 Å². The van der Waals surface area contributed by atoms with E-state index in [9.17, 15) is 9.59 Å². The second-order valence-electron chi connectivity index (χ2n) is 5.68. The van der Waals surface area contributed by atoms with Gasteiger partial charge in [0.05, 0.1) is 0 Å². The summed E-state index contributed by atoms with van der Waals surface area (Å²) < 4.78 is 3.51. The third kappa shape index (κ3) is 3.97. The fraction of sp³-hybridized carbons (Fsp3) is 0.444. The van der Waals surface area contributed by atoms with Gasteiger partial charge in [0.1, 0.15) is 0 Å². The first-order valence-electron chi connectivity index (χ1n) is 7.98. The average Bonchev–Trinajstić information content (AvgIpc) is 2.52. The lowest BCUT2D eigenvalue weighted by molar-refractivity contribution is 0.592. The molecule has 0 radical (unpaired) electrons. The molecule has 0 saturated carbocycles. The molecule has 22 heavy (non-hydrogen) atoms. The van der Waals surface area contributed by atoms with Crippen molar-refractivity contribution in [3.05, 3.63) is 68.5 Å². The van der Waals surface area contributed by atoms with Crippen LogP contribution in [0.4, 0.5) is 0 Å². The van der Waals surface area contributed by atoms with Crippen LogP contribution in [0.5, 0.6) is 0 Å². The molecule has 0 aliphatic heterocycles. The van der Waals surface area contributed by atoms with Gasteiger partial charge in [0.15, 0.2) is 0 Å². The molecule has 2 aromatic heterocycles. The smallest absolute Gasteiger partial charge is 0.253 e. The summed E-state index contributed by atoms with van der Waals surface area (Å²) in [6.07, 6.45) is 7.24.